The second kappa shape index (κ2) is 7.19. The molecule has 1 aromatic rings. The third-order valence-corrected chi connectivity index (χ3v) is 24.7. The number of hydrogen-bond donors (Lipinski definition) is 0. The average Bonchev–Trinajstić information content (AvgIpc) is 2.33. The zero-order chi connectivity index (χ0) is 20.9. The zero-order valence-corrected chi connectivity index (χ0v) is 22.0. The minimum absolute atomic E-state index is 0.127. The van der Waals surface area contributed by atoms with Gasteiger partial charge in [0.25, 0.3) is 0 Å². The summed E-state index contributed by atoms with van der Waals surface area (Å²) in [6.07, 6.45) is 0. The molecule has 0 saturated carbocycles. The van der Waals surface area contributed by atoms with E-state index in [0.29, 0.717) is 10.0 Å². The lowest BCUT2D eigenvalue weighted by atomic mass is 10.2. The van der Waals surface area contributed by atoms with Gasteiger partial charge in [0.1, 0.15) is 16.5 Å². The predicted octanol–water partition coefficient (Wildman–Crippen LogP) is 6.99. The molecule has 0 saturated heterocycles. The number of halogens is 2. The molecule has 0 heterocycles. The molecule has 0 atom stereocenters. The number of hydrogen-bond acceptors (Lipinski definition) is 2. The molecule has 150 valence electrons. The van der Waals surface area contributed by atoms with Crippen LogP contribution in [0.25, 0.3) is 0 Å². The van der Waals surface area contributed by atoms with Crippen molar-refractivity contribution >= 4 is 49.7 Å². The van der Waals surface area contributed by atoms with Gasteiger partial charge in [0.05, 0.1) is 4.90 Å². The summed E-state index contributed by atoms with van der Waals surface area (Å²) in [4.78, 5) is 0.185. The van der Waals surface area contributed by atoms with E-state index in [2.05, 4.69) is 67.7 Å². The molecule has 26 heavy (non-hydrogen) atoms. The van der Waals surface area contributed by atoms with Crippen molar-refractivity contribution < 1.29 is 8.42 Å². The van der Waals surface area contributed by atoms with E-state index in [9.17, 15) is 8.42 Å². The first-order valence-electron chi connectivity index (χ1n) is 8.78. The van der Waals surface area contributed by atoms with E-state index in [-0.39, 0.29) is 15.0 Å². The lowest BCUT2D eigenvalue weighted by molar-refractivity contribution is 0.548. The Morgan fingerprint density at radius 1 is 0.769 bits per heavy atom. The van der Waals surface area contributed by atoms with Crippen molar-refractivity contribution in [1.82, 2.24) is 3.64 Å². The van der Waals surface area contributed by atoms with Gasteiger partial charge < -0.3 is 0 Å². The van der Waals surface area contributed by atoms with Crippen molar-refractivity contribution in [3.05, 3.63) is 28.2 Å². The van der Waals surface area contributed by atoms with E-state index in [0.717, 1.165) is 0 Å². The molecule has 1 aromatic carbocycles. The van der Waals surface area contributed by atoms with Crippen molar-refractivity contribution in [3.63, 3.8) is 0 Å². The van der Waals surface area contributed by atoms with Crippen LogP contribution in [0, 0.1) is 0 Å². The summed E-state index contributed by atoms with van der Waals surface area (Å²) >= 11 is 12.2. The molecule has 0 radical (unpaired) electrons. The summed E-state index contributed by atoms with van der Waals surface area (Å²) in [5, 5.41) is 0.415. The average molecular weight is 455 g/mol. The van der Waals surface area contributed by atoms with Crippen molar-refractivity contribution in [3.8, 4) is 0 Å². The Hall–Kier alpha value is 0.144. The Labute approximate surface area is 172 Å². The third kappa shape index (κ3) is 4.41. The Bertz CT molecular complexity index is 733. The van der Waals surface area contributed by atoms with Crippen molar-refractivity contribution in [2.45, 2.75) is 82.7 Å². The fourth-order valence-corrected chi connectivity index (χ4v) is 20.0. The minimum Gasteiger partial charge on any atom is -0.241 e. The standard InChI is InChI=1S/C18H33Cl2NO2SSi2/c1-17(2,3)25(7,8)21(26(9,10)18(4,5)6)24(22,23)16-12-14(19)11-15(20)13-16/h11-13H,1-10H3. The molecular formula is C18H33Cl2NO2SSi2. The van der Waals surface area contributed by atoms with Gasteiger partial charge in [0.2, 0.25) is 10.0 Å². The van der Waals surface area contributed by atoms with E-state index in [1.165, 1.54) is 12.1 Å². The normalized spacial score (nSPS) is 14.8. The Balaban J connectivity index is 3.87. The van der Waals surface area contributed by atoms with Crippen molar-refractivity contribution in [1.29, 1.82) is 0 Å². The molecule has 0 bridgehead atoms. The van der Waals surface area contributed by atoms with Crippen LogP contribution in [0.3, 0.4) is 0 Å². The molecule has 0 aromatic heterocycles. The highest BCUT2D eigenvalue weighted by molar-refractivity contribution is 7.92. The van der Waals surface area contributed by atoms with E-state index >= 15 is 0 Å². The highest BCUT2D eigenvalue weighted by atomic mass is 35.5. The quantitative estimate of drug-likeness (QED) is 0.460. The van der Waals surface area contributed by atoms with E-state index in [1.54, 1.807) is 6.07 Å². The molecule has 0 spiro atoms. The van der Waals surface area contributed by atoms with Crippen molar-refractivity contribution in [2.75, 3.05) is 0 Å². The lowest BCUT2D eigenvalue weighted by Gasteiger charge is -2.55. The molecule has 0 amide bonds. The first-order valence-corrected chi connectivity index (χ1v) is 16.9. The molecule has 3 nitrogen and oxygen atoms in total. The van der Waals surface area contributed by atoms with E-state index < -0.39 is 26.5 Å². The summed E-state index contributed by atoms with van der Waals surface area (Å²) in [5.41, 5.74) is 0. The summed E-state index contributed by atoms with van der Waals surface area (Å²) in [5.74, 6) is 0. The Morgan fingerprint density at radius 2 is 1.08 bits per heavy atom. The van der Waals surface area contributed by atoms with Gasteiger partial charge in [-0.05, 0) is 28.3 Å². The van der Waals surface area contributed by atoms with Gasteiger partial charge in [0.15, 0.2) is 0 Å². The SMILES string of the molecule is CC(C)(C)[Si](C)(C)N([Si](C)(C)C(C)(C)C)S(=O)(=O)c1cc(Cl)cc(Cl)c1. The van der Waals surface area contributed by atoms with Crippen LogP contribution in [0.2, 0.25) is 46.3 Å². The molecule has 0 aliphatic heterocycles. The van der Waals surface area contributed by atoms with Crippen LogP contribution in [0.1, 0.15) is 41.5 Å². The van der Waals surface area contributed by atoms with Gasteiger partial charge in [-0.3, -0.25) is 0 Å². The van der Waals surface area contributed by atoms with Gasteiger partial charge in [-0.2, -0.15) is 0 Å². The van der Waals surface area contributed by atoms with Gasteiger partial charge in [-0.15, -0.1) is 0 Å². The van der Waals surface area contributed by atoms with Crippen LogP contribution >= 0.6 is 23.2 Å². The van der Waals surface area contributed by atoms with E-state index in [4.69, 9.17) is 23.2 Å². The minimum atomic E-state index is -3.74. The van der Waals surface area contributed by atoms with Gasteiger partial charge in [-0.25, -0.2) is 12.1 Å². The molecule has 0 unspecified atom stereocenters. The fraction of sp³-hybridized carbons (Fsp3) is 0.667. The molecule has 8 heteroatoms. The van der Waals surface area contributed by atoms with Gasteiger partial charge in [0, 0.05) is 10.0 Å². The summed E-state index contributed by atoms with van der Waals surface area (Å²) in [6, 6.07) is 4.58. The fourth-order valence-electron chi connectivity index (χ4n) is 2.69. The van der Waals surface area contributed by atoms with Crippen LogP contribution in [-0.4, -0.2) is 28.5 Å². The van der Waals surface area contributed by atoms with Gasteiger partial charge in [-0.1, -0.05) is 90.9 Å². The highest BCUT2D eigenvalue weighted by Crippen LogP contribution is 2.49. The van der Waals surface area contributed by atoms with Crippen LogP contribution in [0.5, 0.6) is 0 Å². The van der Waals surface area contributed by atoms with E-state index in [1.807, 2.05) is 3.64 Å². The maximum absolute atomic E-state index is 13.9. The number of benzene rings is 1. The summed E-state index contributed by atoms with van der Waals surface area (Å²) in [7, 11) is -8.56. The lowest BCUT2D eigenvalue weighted by Crippen LogP contribution is -2.69. The summed E-state index contributed by atoms with van der Waals surface area (Å²) < 4.78 is 29.7. The maximum Gasteiger partial charge on any atom is 0.231 e. The second-order valence-electron chi connectivity index (χ2n) is 9.99. The third-order valence-electron chi connectivity index (χ3n) is 6.06. The van der Waals surface area contributed by atoms with Crippen LogP contribution in [-0.2, 0) is 10.0 Å². The Morgan fingerprint density at radius 3 is 1.35 bits per heavy atom. The number of sulfonamides is 1. The topological polar surface area (TPSA) is 37.4 Å². The number of rotatable bonds is 4. The Kier molecular flexibility index (Phi) is 6.69. The summed E-state index contributed by atoms with van der Waals surface area (Å²) in [6.45, 7) is 21.4. The molecular weight excluding hydrogens is 421 g/mol. The molecule has 0 fully saturated rings. The molecule has 0 aliphatic rings. The number of nitrogens with zero attached hydrogens (tertiary/aromatic N) is 1. The van der Waals surface area contributed by atoms with Gasteiger partial charge >= 0.3 is 0 Å². The smallest absolute Gasteiger partial charge is 0.231 e. The second-order valence-corrected chi connectivity index (χ2v) is 23.9. The monoisotopic (exact) mass is 453 g/mol. The van der Waals surface area contributed by atoms with Crippen molar-refractivity contribution in [2.24, 2.45) is 0 Å². The maximum atomic E-state index is 13.9. The van der Waals surface area contributed by atoms with Crippen LogP contribution in [0.15, 0.2) is 23.1 Å². The first kappa shape index (κ1) is 24.2. The highest BCUT2D eigenvalue weighted by Gasteiger charge is 2.57. The largest absolute Gasteiger partial charge is 0.241 e. The zero-order valence-electron chi connectivity index (χ0n) is 17.7. The van der Waals surface area contributed by atoms with Crippen LogP contribution in [0.4, 0.5) is 0 Å². The molecule has 0 N–H and O–H groups in total. The molecule has 1 rings (SSSR count). The first-order chi connectivity index (χ1) is 11.3. The molecule has 0 aliphatic carbocycles. The predicted molar refractivity (Wildman–Crippen MR) is 120 cm³/mol. The van der Waals surface area contributed by atoms with Crippen LogP contribution < -0.4 is 0 Å².